The maximum Gasteiger partial charge on any atom is 0.410 e. The zero-order valence-corrected chi connectivity index (χ0v) is 12.8. The van der Waals surface area contributed by atoms with Gasteiger partial charge in [-0.25, -0.2) is 9.59 Å². The van der Waals surface area contributed by atoms with Crippen LogP contribution in [0.2, 0.25) is 0 Å². The standard InChI is InChI=1S/C17H20N2O4/c20-15(21)18-14-13-7-6-12-8-19(10-17(12,13)14)16(22)23-9-11-4-2-1-3-5-11/h1-5,12-14,18H,6-10H2,(H,20,21). The van der Waals surface area contributed by atoms with E-state index >= 15 is 0 Å². The lowest BCUT2D eigenvalue weighted by molar-refractivity contribution is 0.101. The van der Waals surface area contributed by atoms with Crippen LogP contribution in [0.1, 0.15) is 18.4 Å². The molecular weight excluding hydrogens is 296 g/mol. The molecule has 1 saturated heterocycles. The fraction of sp³-hybridized carbons (Fsp3) is 0.529. The third kappa shape index (κ3) is 2.24. The molecular formula is C17H20N2O4. The van der Waals surface area contributed by atoms with Gasteiger partial charge >= 0.3 is 12.2 Å². The van der Waals surface area contributed by atoms with Gasteiger partial charge in [-0.3, -0.25) is 0 Å². The first kappa shape index (κ1) is 14.4. The van der Waals surface area contributed by atoms with Gasteiger partial charge in [0.2, 0.25) is 0 Å². The van der Waals surface area contributed by atoms with E-state index in [1.807, 2.05) is 30.3 Å². The molecule has 2 amide bonds. The van der Waals surface area contributed by atoms with Crippen LogP contribution in [0, 0.1) is 17.3 Å². The van der Waals surface area contributed by atoms with Gasteiger partial charge < -0.3 is 20.1 Å². The molecule has 1 aromatic rings. The van der Waals surface area contributed by atoms with Crippen molar-refractivity contribution in [3.05, 3.63) is 35.9 Å². The number of likely N-dealkylation sites (tertiary alicyclic amines) is 1. The number of carbonyl (C=O) groups is 2. The summed E-state index contributed by atoms with van der Waals surface area (Å²) in [4.78, 5) is 25.0. The summed E-state index contributed by atoms with van der Waals surface area (Å²) in [6.45, 7) is 1.57. The van der Waals surface area contributed by atoms with Crippen molar-refractivity contribution in [2.24, 2.45) is 17.3 Å². The summed E-state index contributed by atoms with van der Waals surface area (Å²) in [6, 6.07) is 9.61. The molecule has 0 bridgehead atoms. The normalized spacial score (nSPS) is 33.7. The van der Waals surface area contributed by atoms with Gasteiger partial charge in [0.1, 0.15) is 6.61 Å². The molecule has 2 aliphatic carbocycles. The van der Waals surface area contributed by atoms with Crippen molar-refractivity contribution in [2.75, 3.05) is 13.1 Å². The summed E-state index contributed by atoms with van der Waals surface area (Å²) >= 11 is 0. The summed E-state index contributed by atoms with van der Waals surface area (Å²) in [5.74, 6) is 0.782. The topological polar surface area (TPSA) is 78.9 Å². The van der Waals surface area contributed by atoms with E-state index in [9.17, 15) is 9.59 Å². The number of rotatable bonds is 3. The molecule has 1 spiro atoms. The fourth-order valence-corrected chi connectivity index (χ4v) is 4.77. The highest BCUT2D eigenvalue weighted by atomic mass is 16.6. The maximum atomic E-state index is 12.3. The van der Waals surface area contributed by atoms with Crippen molar-refractivity contribution in [1.82, 2.24) is 10.2 Å². The van der Waals surface area contributed by atoms with Crippen molar-refractivity contribution in [3.8, 4) is 0 Å². The summed E-state index contributed by atoms with van der Waals surface area (Å²) in [6.07, 6.45) is 0.868. The molecule has 3 aliphatic rings. The minimum atomic E-state index is -0.970. The molecule has 23 heavy (non-hydrogen) atoms. The summed E-state index contributed by atoms with van der Waals surface area (Å²) < 4.78 is 5.41. The van der Waals surface area contributed by atoms with Gasteiger partial charge in [0.15, 0.2) is 0 Å². The van der Waals surface area contributed by atoms with E-state index in [-0.39, 0.29) is 24.2 Å². The highest BCUT2D eigenvalue weighted by Crippen LogP contribution is 2.69. The fourth-order valence-electron chi connectivity index (χ4n) is 4.77. The number of hydrogen-bond acceptors (Lipinski definition) is 3. The molecule has 1 aromatic carbocycles. The Labute approximate surface area is 134 Å². The van der Waals surface area contributed by atoms with Crippen LogP contribution >= 0.6 is 0 Å². The Balaban J connectivity index is 1.37. The summed E-state index contributed by atoms with van der Waals surface area (Å²) in [7, 11) is 0. The first-order valence-corrected chi connectivity index (χ1v) is 8.06. The maximum absolute atomic E-state index is 12.3. The van der Waals surface area contributed by atoms with E-state index in [0.29, 0.717) is 24.9 Å². The quantitative estimate of drug-likeness (QED) is 0.897. The van der Waals surface area contributed by atoms with E-state index in [1.165, 1.54) is 0 Å². The molecule has 1 heterocycles. The third-order valence-corrected chi connectivity index (χ3v) is 5.80. The second kappa shape index (κ2) is 5.15. The van der Waals surface area contributed by atoms with Crippen molar-refractivity contribution < 1.29 is 19.4 Å². The van der Waals surface area contributed by atoms with Gasteiger partial charge in [-0.05, 0) is 30.2 Å². The predicted octanol–water partition coefficient (Wildman–Crippen LogP) is 2.30. The van der Waals surface area contributed by atoms with Gasteiger partial charge in [-0.1, -0.05) is 30.3 Å². The third-order valence-electron chi connectivity index (χ3n) is 5.80. The molecule has 2 N–H and O–H groups in total. The van der Waals surface area contributed by atoms with Crippen LogP contribution in [0.3, 0.4) is 0 Å². The first-order chi connectivity index (χ1) is 11.1. The minimum absolute atomic E-state index is 0.00525. The first-order valence-electron chi connectivity index (χ1n) is 8.06. The van der Waals surface area contributed by atoms with Crippen molar-refractivity contribution in [2.45, 2.75) is 25.5 Å². The molecule has 4 rings (SSSR count). The van der Waals surface area contributed by atoms with E-state index < -0.39 is 6.09 Å². The lowest BCUT2D eigenvalue weighted by Gasteiger charge is -2.16. The molecule has 0 radical (unpaired) electrons. The smallest absolute Gasteiger partial charge is 0.410 e. The van der Waals surface area contributed by atoms with Crippen molar-refractivity contribution in [3.63, 3.8) is 0 Å². The van der Waals surface area contributed by atoms with E-state index in [4.69, 9.17) is 9.84 Å². The molecule has 3 fully saturated rings. The van der Waals surface area contributed by atoms with Crippen LogP contribution in [0.5, 0.6) is 0 Å². The summed E-state index contributed by atoms with van der Waals surface area (Å²) in [5.41, 5.74) is 0.928. The van der Waals surface area contributed by atoms with Gasteiger partial charge in [0, 0.05) is 24.5 Å². The number of hydrogen-bond donors (Lipinski definition) is 2. The van der Waals surface area contributed by atoms with E-state index in [0.717, 1.165) is 18.4 Å². The minimum Gasteiger partial charge on any atom is -0.465 e. The monoisotopic (exact) mass is 316 g/mol. The highest BCUT2D eigenvalue weighted by Gasteiger charge is 2.74. The largest absolute Gasteiger partial charge is 0.465 e. The Hall–Kier alpha value is -2.24. The molecule has 6 nitrogen and oxygen atoms in total. The lowest BCUT2D eigenvalue weighted by atomic mass is 9.93. The Morgan fingerprint density at radius 2 is 2.09 bits per heavy atom. The van der Waals surface area contributed by atoms with Gasteiger partial charge in [-0.2, -0.15) is 0 Å². The number of carboxylic acid groups (broad SMARTS) is 1. The molecule has 122 valence electrons. The Kier molecular flexibility index (Phi) is 3.21. The van der Waals surface area contributed by atoms with Crippen LogP contribution in [-0.4, -0.2) is 41.3 Å². The van der Waals surface area contributed by atoms with Crippen molar-refractivity contribution in [1.29, 1.82) is 0 Å². The number of amides is 2. The van der Waals surface area contributed by atoms with Crippen LogP contribution in [-0.2, 0) is 11.3 Å². The Morgan fingerprint density at radius 3 is 2.83 bits per heavy atom. The molecule has 4 atom stereocenters. The number of carbonyl (C=O) groups excluding carboxylic acids is 1. The molecule has 6 heteroatoms. The predicted molar refractivity (Wildman–Crippen MR) is 81.8 cm³/mol. The second-order valence-electron chi connectivity index (χ2n) is 6.84. The van der Waals surface area contributed by atoms with Crippen LogP contribution in [0.4, 0.5) is 9.59 Å². The van der Waals surface area contributed by atoms with Crippen LogP contribution in [0.25, 0.3) is 0 Å². The van der Waals surface area contributed by atoms with Crippen molar-refractivity contribution >= 4 is 12.2 Å². The number of benzene rings is 1. The summed E-state index contributed by atoms with van der Waals surface area (Å²) in [5, 5.41) is 11.6. The van der Waals surface area contributed by atoms with Gasteiger partial charge in [0.05, 0.1) is 0 Å². The van der Waals surface area contributed by atoms with E-state index in [2.05, 4.69) is 5.32 Å². The molecule has 4 unspecified atom stereocenters. The lowest BCUT2D eigenvalue weighted by Crippen LogP contribution is -2.33. The average molecular weight is 316 g/mol. The highest BCUT2D eigenvalue weighted by molar-refractivity contribution is 5.69. The molecule has 0 aromatic heterocycles. The van der Waals surface area contributed by atoms with Gasteiger partial charge in [0.25, 0.3) is 0 Å². The zero-order valence-electron chi connectivity index (χ0n) is 12.8. The number of nitrogens with one attached hydrogen (secondary N) is 1. The average Bonchev–Trinajstić information content (AvgIpc) is 2.87. The van der Waals surface area contributed by atoms with Crippen LogP contribution < -0.4 is 5.32 Å². The number of ether oxygens (including phenoxy) is 1. The second-order valence-corrected chi connectivity index (χ2v) is 6.84. The van der Waals surface area contributed by atoms with E-state index in [1.54, 1.807) is 4.90 Å². The molecule has 2 saturated carbocycles. The Morgan fingerprint density at radius 1 is 1.30 bits per heavy atom. The number of nitrogens with zero attached hydrogens (tertiary/aromatic N) is 1. The van der Waals surface area contributed by atoms with Crippen LogP contribution in [0.15, 0.2) is 30.3 Å². The van der Waals surface area contributed by atoms with Gasteiger partial charge in [-0.15, -0.1) is 0 Å². The molecule has 1 aliphatic heterocycles. The SMILES string of the molecule is O=C(O)NC1C2CCC3CN(C(=O)OCc4ccccc4)CC321. The zero-order chi connectivity index (χ0) is 16.0. The Bertz CT molecular complexity index is 635.